The third-order valence-electron chi connectivity index (χ3n) is 7.04. The van der Waals surface area contributed by atoms with Crippen molar-refractivity contribution in [2.24, 2.45) is 11.8 Å². The van der Waals surface area contributed by atoms with Gasteiger partial charge in [-0.15, -0.1) is 0 Å². The van der Waals surface area contributed by atoms with Crippen molar-refractivity contribution in [1.82, 2.24) is 9.21 Å². The number of hydrogen-bond donors (Lipinski definition) is 0. The van der Waals surface area contributed by atoms with E-state index in [1.165, 1.54) is 50.5 Å². The van der Waals surface area contributed by atoms with Gasteiger partial charge in [-0.25, -0.2) is 12.7 Å². The minimum Gasteiger partial charge on any atom is -0.300 e. The Morgan fingerprint density at radius 3 is 2.32 bits per heavy atom. The van der Waals surface area contributed by atoms with E-state index in [1.54, 1.807) is 15.4 Å². The minimum absolute atomic E-state index is 0.549. The second-order valence-electron chi connectivity index (χ2n) is 9.51. The van der Waals surface area contributed by atoms with E-state index in [0.717, 1.165) is 31.7 Å². The molecule has 2 fully saturated rings. The summed E-state index contributed by atoms with van der Waals surface area (Å²) in [7, 11) is -3.03. The number of piperidine rings is 1. The van der Waals surface area contributed by atoms with E-state index in [-0.39, 0.29) is 0 Å². The number of sulfonamides is 1. The van der Waals surface area contributed by atoms with Crippen molar-refractivity contribution in [3.63, 3.8) is 0 Å². The van der Waals surface area contributed by atoms with Gasteiger partial charge in [-0.2, -0.15) is 0 Å². The first-order chi connectivity index (χ1) is 13.4. The maximum absolute atomic E-state index is 11.8. The third-order valence-corrected chi connectivity index (χ3v) is 8.35. The molecule has 3 aliphatic rings. The lowest BCUT2D eigenvalue weighted by Gasteiger charge is -2.36. The van der Waals surface area contributed by atoms with Crippen LogP contribution in [0, 0.1) is 11.8 Å². The van der Waals surface area contributed by atoms with Crippen molar-refractivity contribution in [2.75, 3.05) is 32.4 Å². The summed E-state index contributed by atoms with van der Waals surface area (Å²) in [5, 5.41) is 0. The third kappa shape index (κ3) is 5.17. The number of hydrogen-bond acceptors (Lipinski definition) is 3. The Kier molecular flexibility index (Phi) is 6.15. The number of benzene rings is 1. The summed E-state index contributed by atoms with van der Waals surface area (Å²) >= 11 is 0. The van der Waals surface area contributed by atoms with Crippen LogP contribution in [0.5, 0.6) is 0 Å². The Bertz CT molecular complexity index is 780. The zero-order chi connectivity index (χ0) is 19.7. The second kappa shape index (κ2) is 8.45. The Morgan fingerprint density at radius 2 is 1.68 bits per heavy atom. The van der Waals surface area contributed by atoms with Gasteiger partial charge in [-0.3, -0.25) is 4.90 Å². The molecule has 1 heterocycles. The molecular formula is C23H36N2O2S. The highest BCUT2D eigenvalue weighted by Gasteiger charge is 2.31. The van der Waals surface area contributed by atoms with Gasteiger partial charge in [0.2, 0.25) is 10.0 Å². The Morgan fingerprint density at radius 1 is 1.04 bits per heavy atom. The maximum Gasteiger partial charge on any atom is 0.211 e. The smallest absolute Gasteiger partial charge is 0.211 e. The second-order valence-corrected chi connectivity index (χ2v) is 11.5. The van der Waals surface area contributed by atoms with E-state index in [4.69, 9.17) is 0 Å². The van der Waals surface area contributed by atoms with Crippen LogP contribution >= 0.6 is 0 Å². The summed E-state index contributed by atoms with van der Waals surface area (Å²) in [5.74, 6) is 1.51. The summed E-state index contributed by atoms with van der Waals surface area (Å²) in [4.78, 5) is 2.71. The van der Waals surface area contributed by atoms with E-state index < -0.39 is 10.0 Å². The molecule has 1 atom stereocenters. The molecular weight excluding hydrogens is 368 g/mol. The molecule has 1 aromatic rings. The summed E-state index contributed by atoms with van der Waals surface area (Å²) in [5.41, 5.74) is 4.62. The molecule has 1 aliphatic heterocycles. The SMILES string of the molecule is CC(Cc1ccc2c(c1)CCC2)N(CC1CC1)CC1CCN(S(C)(=O)=O)CC1. The molecule has 0 bridgehead atoms. The van der Waals surface area contributed by atoms with Crippen LogP contribution in [0.3, 0.4) is 0 Å². The first-order valence-electron chi connectivity index (χ1n) is 11.2. The minimum atomic E-state index is -3.03. The molecule has 156 valence electrons. The fourth-order valence-electron chi connectivity index (χ4n) is 5.04. The molecule has 5 heteroatoms. The molecule has 1 unspecified atom stereocenters. The standard InChI is InChI=1S/C23H36N2O2S/c1-18(14-21-8-9-22-4-3-5-23(22)15-21)24(16-19-6-7-19)17-20-10-12-25(13-11-20)28(2,26)27/h8-9,15,18-20H,3-7,10-14,16-17H2,1-2H3. The van der Waals surface area contributed by atoms with E-state index in [9.17, 15) is 8.42 Å². The number of aryl methyl sites for hydroxylation is 2. The lowest BCUT2D eigenvalue weighted by Crippen LogP contribution is -2.44. The monoisotopic (exact) mass is 404 g/mol. The van der Waals surface area contributed by atoms with Crippen LogP contribution in [0.15, 0.2) is 18.2 Å². The average molecular weight is 405 g/mol. The molecule has 2 aliphatic carbocycles. The highest BCUT2D eigenvalue weighted by atomic mass is 32.2. The predicted octanol–water partition coefficient (Wildman–Crippen LogP) is 3.49. The lowest BCUT2D eigenvalue weighted by atomic mass is 9.95. The quantitative estimate of drug-likeness (QED) is 0.666. The van der Waals surface area contributed by atoms with Gasteiger partial charge in [0.15, 0.2) is 0 Å². The number of nitrogens with zero attached hydrogens (tertiary/aromatic N) is 2. The molecule has 4 nitrogen and oxygen atoms in total. The fraction of sp³-hybridized carbons (Fsp3) is 0.739. The van der Waals surface area contributed by atoms with Crippen LogP contribution in [-0.2, 0) is 29.3 Å². The first kappa shape index (κ1) is 20.4. The molecule has 4 rings (SSSR count). The largest absolute Gasteiger partial charge is 0.300 e. The molecule has 0 spiro atoms. The zero-order valence-electron chi connectivity index (χ0n) is 17.6. The van der Waals surface area contributed by atoms with E-state index in [2.05, 4.69) is 30.0 Å². The van der Waals surface area contributed by atoms with Crippen LogP contribution in [0.25, 0.3) is 0 Å². The first-order valence-corrected chi connectivity index (χ1v) is 13.0. The van der Waals surface area contributed by atoms with Crippen LogP contribution in [0.4, 0.5) is 0 Å². The molecule has 0 amide bonds. The van der Waals surface area contributed by atoms with Crippen molar-refractivity contribution in [2.45, 2.75) is 64.3 Å². The van der Waals surface area contributed by atoms with Crippen molar-refractivity contribution >= 4 is 10.0 Å². The summed E-state index contributed by atoms with van der Waals surface area (Å²) in [6, 6.07) is 7.71. The van der Waals surface area contributed by atoms with E-state index in [1.807, 2.05) is 0 Å². The summed E-state index contributed by atoms with van der Waals surface area (Å²) in [6.45, 7) is 6.12. The number of rotatable bonds is 8. The van der Waals surface area contributed by atoms with Crippen molar-refractivity contribution in [3.05, 3.63) is 34.9 Å². The topological polar surface area (TPSA) is 40.6 Å². The van der Waals surface area contributed by atoms with Gasteiger partial charge < -0.3 is 0 Å². The summed E-state index contributed by atoms with van der Waals surface area (Å²) < 4.78 is 25.2. The Balaban J connectivity index is 1.36. The van der Waals surface area contributed by atoms with Crippen molar-refractivity contribution in [1.29, 1.82) is 0 Å². The molecule has 1 saturated carbocycles. The van der Waals surface area contributed by atoms with Crippen molar-refractivity contribution in [3.8, 4) is 0 Å². The maximum atomic E-state index is 11.8. The average Bonchev–Trinajstić information content (AvgIpc) is 3.35. The molecule has 1 aromatic carbocycles. The van der Waals surface area contributed by atoms with Crippen molar-refractivity contribution < 1.29 is 8.42 Å². The van der Waals surface area contributed by atoms with Gasteiger partial charge in [0.25, 0.3) is 0 Å². The molecule has 1 saturated heterocycles. The van der Waals surface area contributed by atoms with Gasteiger partial charge in [0, 0.05) is 32.2 Å². The number of fused-ring (bicyclic) bond motifs is 1. The van der Waals surface area contributed by atoms with Crippen LogP contribution < -0.4 is 0 Å². The summed E-state index contributed by atoms with van der Waals surface area (Å²) in [6.07, 6.45) is 11.1. The van der Waals surface area contributed by atoms with Gasteiger partial charge in [0.1, 0.15) is 0 Å². The van der Waals surface area contributed by atoms with Gasteiger partial charge in [-0.05, 0) is 86.8 Å². The fourth-order valence-corrected chi connectivity index (χ4v) is 5.92. The highest BCUT2D eigenvalue weighted by Crippen LogP contribution is 2.32. The Hall–Kier alpha value is -0.910. The van der Waals surface area contributed by atoms with Crippen LogP contribution in [0.2, 0.25) is 0 Å². The van der Waals surface area contributed by atoms with Gasteiger partial charge >= 0.3 is 0 Å². The zero-order valence-corrected chi connectivity index (χ0v) is 18.4. The van der Waals surface area contributed by atoms with Gasteiger partial charge in [0.05, 0.1) is 6.26 Å². The Labute approximate surface area is 171 Å². The van der Waals surface area contributed by atoms with E-state index in [0.29, 0.717) is 25.0 Å². The normalized spacial score (nSPS) is 22.5. The van der Waals surface area contributed by atoms with E-state index >= 15 is 0 Å². The molecule has 0 aromatic heterocycles. The molecule has 0 radical (unpaired) electrons. The van der Waals surface area contributed by atoms with Crippen LogP contribution in [-0.4, -0.2) is 56.1 Å². The molecule has 28 heavy (non-hydrogen) atoms. The predicted molar refractivity (Wildman–Crippen MR) is 115 cm³/mol. The lowest BCUT2D eigenvalue weighted by molar-refractivity contribution is 0.141. The van der Waals surface area contributed by atoms with Crippen LogP contribution in [0.1, 0.15) is 55.7 Å². The molecule has 0 N–H and O–H groups in total. The van der Waals surface area contributed by atoms with Gasteiger partial charge in [-0.1, -0.05) is 18.2 Å². The highest BCUT2D eigenvalue weighted by molar-refractivity contribution is 7.88.